The lowest BCUT2D eigenvalue weighted by Crippen LogP contribution is -2.33. The number of nitrogens with one attached hydrogen (secondary N) is 1. The molecule has 0 aromatic heterocycles. The smallest absolute Gasteiger partial charge is 0.232 e. The SMILES string of the molecule is Cc1ccc(C)c(NC(=O)CCN(c2ccccc2C)S(C)(=O)=O)c1. The van der Waals surface area contributed by atoms with Gasteiger partial charge in [0.05, 0.1) is 11.9 Å². The summed E-state index contributed by atoms with van der Waals surface area (Å²) in [4.78, 5) is 12.3. The fourth-order valence-corrected chi connectivity index (χ4v) is 3.58. The Morgan fingerprint density at radius 3 is 2.36 bits per heavy atom. The van der Waals surface area contributed by atoms with Crippen molar-refractivity contribution >= 4 is 27.3 Å². The first kappa shape index (κ1) is 19.0. The van der Waals surface area contributed by atoms with Crippen molar-refractivity contribution in [1.82, 2.24) is 0 Å². The van der Waals surface area contributed by atoms with E-state index in [0.29, 0.717) is 5.69 Å². The van der Waals surface area contributed by atoms with Gasteiger partial charge in [0.2, 0.25) is 15.9 Å². The Balaban J connectivity index is 2.12. The topological polar surface area (TPSA) is 66.5 Å². The molecule has 5 nitrogen and oxygen atoms in total. The van der Waals surface area contributed by atoms with E-state index in [0.717, 1.165) is 28.6 Å². The molecule has 2 aromatic rings. The van der Waals surface area contributed by atoms with Gasteiger partial charge in [-0.15, -0.1) is 0 Å². The minimum atomic E-state index is -3.47. The summed E-state index contributed by atoms with van der Waals surface area (Å²) in [6.45, 7) is 5.83. The van der Waals surface area contributed by atoms with Crippen LogP contribution < -0.4 is 9.62 Å². The van der Waals surface area contributed by atoms with Gasteiger partial charge in [0.25, 0.3) is 0 Å². The van der Waals surface area contributed by atoms with E-state index in [2.05, 4.69) is 5.32 Å². The Kier molecular flexibility index (Phi) is 5.85. The quantitative estimate of drug-likeness (QED) is 0.858. The summed E-state index contributed by atoms with van der Waals surface area (Å²) in [5.41, 5.74) is 4.23. The summed E-state index contributed by atoms with van der Waals surface area (Å²) in [5, 5.41) is 2.86. The average molecular weight is 360 g/mol. The fraction of sp³-hybridized carbons (Fsp3) is 0.316. The second kappa shape index (κ2) is 7.70. The molecule has 2 aromatic carbocycles. The van der Waals surface area contributed by atoms with E-state index in [4.69, 9.17) is 0 Å². The number of para-hydroxylation sites is 1. The highest BCUT2D eigenvalue weighted by Crippen LogP contribution is 2.22. The Morgan fingerprint density at radius 1 is 1.04 bits per heavy atom. The Bertz CT molecular complexity index is 876. The Hall–Kier alpha value is -2.34. The summed E-state index contributed by atoms with van der Waals surface area (Å²) >= 11 is 0. The number of rotatable bonds is 6. The molecule has 0 aliphatic rings. The maximum Gasteiger partial charge on any atom is 0.232 e. The molecule has 0 bridgehead atoms. The molecule has 0 unspecified atom stereocenters. The monoisotopic (exact) mass is 360 g/mol. The molecule has 0 aliphatic carbocycles. The van der Waals surface area contributed by atoms with Crippen molar-refractivity contribution in [3.63, 3.8) is 0 Å². The van der Waals surface area contributed by atoms with E-state index >= 15 is 0 Å². The first-order chi connectivity index (χ1) is 11.7. The number of carbonyl (C=O) groups is 1. The number of sulfonamides is 1. The van der Waals surface area contributed by atoms with E-state index in [-0.39, 0.29) is 18.9 Å². The van der Waals surface area contributed by atoms with Crippen LogP contribution in [0.1, 0.15) is 23.1 Å². The maximum absolute atomic E-state index is 12.3. The number of benzene rings is 2. The molecular formula is C19H24N2O3S. The second-order valence-electron chi connectivity index (χ2n) is 6.24. The van der Waals surface area contributed by atoms with Gasteiger partial charge in [0.15, 0.2) is 0 Å². The number of anilines is 2. The van der Waals surface area contributed by atoms with Gasteiger partial charge >= 0.3 is 0 Å². The zero-order valence-electron chi connectivity index (χ0n) is 15.0. The molecule has 25 heavy (non-hydrogen) atoms. The minimum Gasteiger partial charge on any atom is -0.326 e. The van der Waals surface area contributed by atoms with Crippen molar-refractivity contribution < 1.29 is 13.2 Å². The number of hydrogen-bond acceptors (Lipinski definition) is 3. The molecule has 1 N–H and O–H groups in total. The molecule has 0 fully saturated rings. The first-order valence-electron chi connectivity index (χ1n) is 8.09. The molecule has 0 atom stereocenters. The lowest BCUT2D eigenvalue weighted by Gasteiger charge is -2.24. The van der Waals surface area contributed by atoms with Crippen molar-refractivity contribution in [2.45, 2.75) is 27.2 Å². The zero-order valence-corrected chi connectivity index (χ0v) is 15.9. The highest BCUT2D eigenvalue weighted by atomic mass is 32.2. The Morgan fingerprint density at radius 2 is 1.72 bits per heavy atom. The molecule has 0 heterocycles. The third-order valence-electron chi connectivity index (χ3n) is 3.99. The van der Waals surface area contributed by atoms with Crippen LogP contribution in [-0.4, -0.2) is 27.1 Å². The van der Waals surface area contributed by atoms with E-state index in [9.17, 15) is 13.2 Å². The molecular weight excluding hydrogens is 336 g/mol. The fourth-order valence-electron chi connectivity index (χ4n) is 2.59. The van der Waals surface area contributed by atoms with Crippen molar-refractivity contribution in [3.05, 3.63) is 59.2 Å². The zero-order chi connectivity index (χ0) is 18.6. The minimum absolute atomic E-state index is 0.0782. The summed E-state index contributed by atoms with van der Waals surface area (Å²) in [5.74, 6) is -0.212. The highest BCUT2D eigenvalue weighted by Gasteiger charge is 2.20. The largest absolute Gasteiger partial charge is 0.326 e. The molecule has 6 heteroatoms. The van der Waals surface area contributed by atoms with Crippen LogP contribution in [0.5, 0.6) is 0 Å². The number of nitrogens with zero attached hydrogens (tertiary/aromatic N) is 1. The number of amides is 1. The molecule has 0 aliphatic heterocycles. The Labute approximate surface area is 149 Å². The van der Waals surface area contributed by atoms with Crippen LogP contribution in [-0.2, 0) is 14.8 Å². The van der Waals surface area contributed by atoms with Crippen molar-refractivity contribution in [2.24, 2.45) is 0 Å². The van der Waals surface area contributed by atoms with Crippen molar-refractivity contribution in [3.8, 4) is 0 Å². The number of carbonyl (C=O) groups excluding carboxylic acids is 1. The highest BCUT2D eigenvalue weighted by molar-refractivity contribution is 7.92. The summed E-state index contributed by atoms with van der Waals surface area (Å²) in [6.07, 6.45) is 1.23. The predicted molar refractivity (Wildman–Crippen MR) is 103 cm³/mol. The predicted octanol–water partition coefficient (Wildman–Crippen LogP) is 3.41. The van der Waals surface area contributed by atoms with Gasteiger partial charge in [0, 0.05) is 18.7 Å². The maximum atomic E-state index is 12.3. The molecule has 134 valence electrons. The van der Waals surface area contributed by atoms with E-state index in [1.807, 2.05) is 51.1 Å². The molecule has 0 saturated carbocycles. The van der Waals surface area contributed by atoms with Crippen molar-refractivity contribution in [1.29, 1.82) is 0 Å². The van der Waals surface area contributed by atoms with Crippen LogP contribution in [0.3, 0.4) is 0 Å². The van der Waals surface area contributed by atoms with Gasteiger partial charge in [-0.05, 0) is 49.6 Å². The standard InChI is InChI=1S/C19H24N2O3S/c1-14-9-10-15(2)17(13-14)20-19(22)11-12-21(25(4,23)24)18-8-6-5-7-16(18)3/h5-10,13H,11-12H2,1-4H3,(H,20,22). The van der Waals surface area contributed by atoms with Gasteiger partial charge in [-0.3, -0.25) is 9.10 Å². The molecule has 0 saturated heterocycles. The van der Waals surface area contributed by atoms with Crippen LogP contribution in [0.4, 0.5) is 11.4 Å². The van der Waals surface area contributed by atoms with E-state index in [1.165, 1.54) is 4.31 Å². The first-order valence-corrected chi connectivity index (χ1v) is 9.94. The molecule has 0 radical (unpaired) electrons. The van der Waals surface area contributed by atoms with E-state index < -0.39 is 10.0 Å². The molecule has 2 rings (SSSR count). The van der Waals surface area contributed by atoms with Crippen LogP contribution in [0.15, 0.2) is 42.5 Å². The van der Waals surface area contributed by atoms with E-state index in [1.54, 1.807) is 12.1 Å². The van der Waals surface area contributed by atoms with Gasteiger partial charge < -0.3 is 5.32 Å². The molecule has 1 amide bonds. The van der Waals surface area contributed by atoms with Crippen LogP contribution in [0.25, 0.3) is 0 Å². The number of aryl methyl sites for hydroxylation is 3. The normalized spacial score (nSPS) is 11.2. The average Bonchev–Trinajstić information content (AvgIpc) is 2.51. The third kappa shape index (κ3) is 5.06. The summed E-state index contributed by atoms with van der Waals surface area (Å²) in [6, 6.07) is 13.1. The van der Waals surface area contributed by atoms with Crippen LogP contribution in [0.2, 0.25) is 0 Å². The summed E-state index contributed by atoms with van der Waals surface area (Å²) in [7, 11) is -3.47. The molecule has 0 spiro atoms. The van der Waals surface area contributed by atoms with Gasteiger partial charge in [0.1, 0.15) is 0 Å². The van der Waals surface area contributed by atoms with Crippen molar-refractivity contribution in [2.75, 3.05) is 22.4 Å². The van der Waals surface area contributed by atoms with Crippen LogP contribution in [0, 0.1) is 20.8 Å². The van der Waals surface area contributed by atoms with Gasteiger partial charge in [-0.2, -0.15) is 0 Å². The van der Waals surface area contributed by atoms with Gasteiger partial charge in [-0.1, -0.05) is 30.3 Å². The number of hydrogen-bond donors (Lipinski definition) is 1. The lowest BCUT2D eigenvalue weighted by molar-refractivity contribution is -0.116. The van der Waals surface area contributed by atoms with Crippen LogP contribution >= 0.6 is 0 Å². The second-order valence-corrected chi connectivity index (χ2v) is 8.14. The third-order valence-corrected chi connectivity index (χ3v) is 5.17. The van der Waals surface area contributed by atoms with Gasteiger partial charge in [-0.25, -0.2) is 8.42 Å². The summed E-state index contributed by atoms with van der Waals surface area (Å²) < 4.78 is 25.6. The lowest BCUT2D eigenvalue weighted by atomic mass is 10.1.